The van der Waals surface area contributed by atoms with Crippen molar-refractivity contribution < 1.29 is 0 Å². The first-order valence-electron chi connectivity index (χ1n) is 8.68. The Morgan fingerprint density at radius 3 is 2.57 bits per heavy atom. The van der Waals surface area contributed by atoms with Crippen LogP contribution in [0.25, 0.3) is 0 Å². The van der Waals surface area contributed by atoms with Crippen molar-refractivity contribution in [2.24, 2.45) is 5.92 Å². The molecule has 1 heterocycles. The molecule has 118 valence electrons. The van der Waals surface area contributed by atoms with Crippen LogP contribution in [0.5, 0.6) is 0 Å². The molecule has 1 aromatic carbocycles. The number of hydrogen-bond donors (Lipinski definition) is 0. The fraction of sp³-hybridized carbons (Fsp3) is 0.700. The molecule has 1 aromatic rings. The lowest BCUT2D eigenvalue weighted by Gasteiger charge is -2.22. The van der Waals surface area contributed by atoms with Gasteiger partial charge in [0.2, 0.25) is 0 Å². The average molecular weight is 287 g/mol. The summed E-state index contributed by atoms with van der Waals surface area (Å²) in [5.74, 6) is 0.919. The normalized spacial score (nSPS) is 21.3. The highest BCUT2D eigenvalue weighted by atomic mass is 15.1. The summed E-state index contributed by atoms with van der Waals surface area (Å²) in [4.78, 5) is 2.67. The highest BCUT2D eigenvalue weighted by molar-refractivity contribution is 5.34. The number of hydrogen-bond acceptors (Lipinski definition) is 1. The minimum Gasteiger partial charge on any atom is -0.303 e. The van der Waals surface area contributed by atoms with Gasteiger partial charge in [-0.3, -0.25) is 0 Å². The first-order chi connectivity index (χ1) is 9.86. The number of rotatable bonds is 3. The van der Waals surface area contributed by atoms with Crippen LogP contribution in [0.1, 0.15) is 63.6 Å². The van der Waals surface area contributed by atoms with Crippen LogP contribution in [0.2, 0.25) is 0 Å². The van der Waals surface area contributed by atoms with E-state index in [1.165, 1.54) is 62.0 Å². The Bertz CT molecular complexity index is 455. The molecule has 0 spiro atoms. The van der Waals surface area contributed by atoms with Crippen molar-refractivity contribution in [3.8, 4) is 0 Å². The van der Waals surface area contributed by atoms with Gasteiger partial charge in [-0.25, -0.2) is 0 Å². The molecule has 1 nitrogen and oxygen atoms in total. The van der Waals surface area contributed by atoms with Crippen LogP contribution in [0.15, 0.2) is 18.2 Å². The van der Waals surface area contributed by atoms with Crippen LogP contribution in [0.3, 0.4) is 0 Å². The third-order valence-electron chi connectivity index (χ3n) is 5.02. The minimum absolute atomic E-state index is 0.254. The monoisotopic (exact) mass is 287 g/mol. The molecule has 0 N–H and O–H groups in total. The van der Waals surface area contributed by atoms with E-state index in [0.717, 1.165) is 5.92 Å². The summed E-state index contributed by atoms with van der Waals surface area (Å²) in [5.41, 5.74) is 4.70. The van der Waals surface area contributed by atoms with Crippen LogP contribution in [-0.2, 0) is 11.8 Å². The van der Waals surface area contributed by atoms with Crippen LogP contribution < -0.4 is 0 Å². The molecule has 0 amide bonds. The Labute approximate surface area is 131 Å². The van der Waals surface area contributed by atoms with Gasteiger partial charge in [-0.05, 0) is 73.7 Å². The number of aryl methyl sites for hydroxylation is 1. The summed E-state index contributed by atoms with van der Waals surface area (Å²) in [7, 11) is 0. The fourth-order valence-corrected chi connectivity index (χ4v) is 3.27. The third kappa shape index (κ3) is 4.85. The molecule has 0 radical (unpaired) electrons. The van der Waals surface area contributed by atoms with Gasteiger partial charge < -0.3 is 4.90 Å². The number of nitrogens with zero attached hydrogens (tertiary/aromatic N) is 1. The lowest BCUT2D eigenvalue weighted by molar-refractivity contribution is 0.285. The van der Waals surface area contributed by atoms with E-state index in [9.17, 15) is 0 Å². The summed E-state index contributed by atoms with van der Waals surface area (Å²) in [6.07, 6.45) is 5.37. The lowest BCUT2D eigenvalue weighted by atomic mass is 9.85. The maximum atomic E-state index is 2.67. The Morgan fingerprint density at radius 1 is 1.14 bits per heavy atom. The molecule has 0 bridgehead atoms. The van der Waals surface area contributed by atoms with Gasteiger partial charge in [0.15, 0.2) is 0 Å². The zero-order valence-electron chi connectivity index (χ0n) is 14.7. The minimum atomic E-state index is 0.254. The molecule has 2 rings (SSSR count). The average Bonchev–Trinajstić information content (AvgIpc) is 2.61. The van der Waals surface area contributed by atoms with Crippen molar-refractivity contribution in [1.82, 2.24) is 4.90 Å². The molecule has 1 unspecified atom stereocenters. The Balaban J connectivity index is 1.94. The van der Waals surface area contributed by atoms with Gasteiger partial charge in [-0.2, -0.15) is 0 Å². The van der Waals surface area contributed by atoms with E-state index in [0.29, 0.717) is 0 Å². The van der Waals surface area contributed by atoms with Gasteiger partial charge in [0.25, 0.3) is 0 Å². The predicted octanol–water partition coefficient (Wildman–Crippen LogP) is 4.96. The smallest absolute Gasteiger partial charge is 0.00219 e. The van der Waals surface area contributed by atoms with Crippen molar-refractivity contribution in [3.05, 3.63) is 34.9 Å². The van der Waals surface area contributed by atoms with E-state index < -0.39 is 0 Å². The summed E-state index contributed by atoms with van der Waals surface area (Å²) in [6.45, 7) is 15.4. The second kappa shape index (κ2) is 6.96. The first kappa shape index (κ1) is 16.5. The molecule has 0 aromatic heterocycles. The molecule has 1 fully saturated rings. The van der Waals surface area contributed by atoms with Gasteiger partial charge in [0.05, 0.1) is 0 Å². The molecular weight excluding hydrogens is 254 g/mol. The van der Waals surface area contributed by atoms with Crippen molar-refractivity contribution in [2.45, 2.75) is 65.7 Å². The topological polar surface area (TPSA) is 3.24 Å². The highest BCUT2D eigenvalue weighted by Crippen LogP contribution is 2.25. The molecule has 0 saturated carbocycles. The van der Waals surface area contributed by atoms with E-state index in [1.54, 1.807) is 0 Å². The third-order valence-corrected chi connectivity index (χ3v) is 5.02. The molecule has 1 atom stereocenters. The summed E-state index contributed by atoms with van der Waals surface area (Å²) in [5, 5.41) is 0. The molecule has 1 aliphatic heterocycles. The maximum Gasteiger partial charge on any atom is 0.00219 e. The second-order valence-corrected chi connectivity index (χ2v) is 8.02. The Morgan fingerprint density at radius 2 is 1.90 bits per heavy atom. The quantitative estimate of drug-likeness (QED) is 0.759. The summed E-state index contributed by atoms with van der Waals surface area (Å²) >= 11 is 0. The fourth-order valence-electron chi connectivity index (χ4n) is 3.27. The number of likely N-dealkylation sites (tertiary alicyclic amines) is 1. The Hall–Kier alpha value is -0.820. The van der Waals surface area contributed by atoms with Gasteiger partial charge in [-0.15, -0.1) is 0 Å². The first-order valence-corrected chi connectivity index (χ1v) is 8.68. The van der Waals surface area contributed by atoms with E-state index >= 15 is 0 Å². The Kier molecular flexibility index (Phi) is 5.48. The van der Waals surface area contributed by atoms with E-state index in [-0.39, 0.29) is 5.41 Å². The van der Waals surface area contributed by atoms with Crippen LogP contribution in [0.4, 0.5) is 0 Å². The van der Waals surface area contributed by atoms with Crippen molar-refractivity contribution >= 4 is 0 Å². The highest BCUT2D eigenvalue weighted by Gasteiger charge is 2.16. The lowest BCUT2D eigenvalue weighted by Crippen LogP contribution is -2.27. The van der Waals surface area contributed by atoms with Crippen molar-refractivity contribution in [3.63, 3.8) is 0 Å². The number of benzene rings is 1. The molecule has 1 aliphatic rings. The van der Waals surface area contributed by atoms with Gasteiger partial charge >= 0.3 is 0 Å². The van der Waals surface area contributed by atoms with Crippen LogP contribution in [0, 0.1) is 12.8 Å². The molecule has 1 heteroatoms. The maximum absolute atomic E-state index is 2.67. The zero-order valence-corrected chi connectivity index (χ0v) is 14.7. The predicted molar refractivity (Wildman–Crippen MR) is 93.0 cm³/mol. The zero-order chi connectivity index (χ0) is 15.5. The van der Waals surface area contributed by atoms with Gasteiger partial charge in [-0.1, -0.05) is 45.9 Å². The van der Waals surface area contributed by atoms with E-state index in [1.807, 2.05) is 0 Å². The van der Waals surface area contributed by atoms with Crippen LogP contribution in [-0.4, -0.2) is 24.5 Å². The van der Waals surface area contributed by atoms with Gasteiger partial charge in [0, 0.05) is 6.54 Å². The van der Waals surface area contributed by atoms with Crippen molar-refractivity contribution in [2.75, 3.05) is 19.6 Å². The second-order valence-electron chi connectivity index (χ2n) is 8.02. The van der Waals surface area contributed by atoms with E-state index in [2.05, 4.69) is 57.7 Å². The molecule has 1 saturated heterocycles. The summed E-state index contributed by atoms with van der Waals surface area (Å²) in [6, 6.07) is 7.07. The standard InChI is InChI=1S/C20H33N/c1-16-7-6-12-21(13-10-16)14-11-18-8-9-19(15-17(18)2)20(3,4)5/h8-9,15-16H,6-7,10-14H2,1-5H3. The SMILES string of the molecule is Cc1cc(C(C)(C)C)ccc1CCN1CCCC(C)CC1. The van der Waals surface area contributed by atoms with Crippen molar-refractivity contribution in [1.29, 1.82) is 0 Å². The molecule has 21 heavy (non-hydrogen) atoms. The molecule has 0 aliphatic carbocycles. The van der Waals surface area contributed by atoms with E-state index in [4.69, 9.17) is 0 Å². The summed E-state index contributed by atoms with van der Waals surface area (Å²) < 4.78 is 0. The van der Waals surface area contributed by atoms with Gasteiger partial charge in [0.1, 0.15) is 0 Å². The largest absolute Gasteiger partial charge is 0.303 e. The van der Waals surface area contributed by atoms with Crippen LogP contribution >= 0.6 is 0 Å². The molecular formula is C20H33N.